The first-order valence-corrected chi connectivity index (χ1v) is 7.84. The summed E-state index contributed by atoms with van der Waals surface area (Å²) in [6.45, 7) is 7.14. The fourth-order valence-electron chi connectivity index (χ4n) is 2.23. The Morgan fingerprint density at radius 3 is 2.45 bits per heavy atom. The number of rotatable bonds is 8. The zero-order valence-corrected chi connectivity index (χ0v) is 13.9. The summed E-state index contributed by atoms with van der Waals surface area (Å²) in [6.07, 6.45) is 1.22. The summed E-state index contributed by atoms with van der Waals surface area (Å²) in [6, 6.07) is 2.77. The summed E-state index contributed by atoms with van der Waals surface area (Å²) in [7, 11) is 1.83. The molecule has 0 aliphatic heterocycles. The second-order valence-corrected chi connectivity index (χ2v) is 5.68. The highest BCUT2D eigenvalue weighted by molar-refractivity contribution is 9.10. The molecule has 5 heteroatoms. The molecule has 20 heavy (non-hydrogen) atoms. The molecule has 0 spiro atoms. The lowest BCUT2D eigenvalue weighted by Gasteiger charge is -2.23. The Labute approximate surface area is 128 Å². The fraction of sp³-hybridized carbons (Fsp3) is 0.600. The van der Waals surface area contributed by atoms with Crippen molar-refractivity contribution in [2.24, 2.45) is 0 Å². The molecule has 114 valence electrons. The molecule has 0 bridgehead atoms. The Bertz CT molecular complexity index is 423. The molecule has 0 saturated heterocycles. The largest absolute Gasteiger partial charge is 0.317 e. The fourth-order valence-corrected chi connectivity index (χ4v) is 2.60. The highest BCUT2D eigenvalue weighted by Gasteiger charge is 2.17. The molecule has 1 unspecified atom stereocenters. The summed E-state index contributed by atoms with van der Waals surface area (Å²) in [5.41, 5.74) is 0.151. The van der Waals surface area contributed by atoms with Gasteiger partial charge in [-0.3, -0.25) is 0 Å². The minimum atomic E-state index is -0.493. The smallest absolute Gasteiger partial charge is 0.143 e. The summed E-state index contributed by atoms with van der Waals surface area (Å²) >= 11 is 3.11. The first-order valence-electron chi connectivity index (χ1n) is 7.05. The van der Waals surface area contributed by atoms with Gasteiger partial charge >= 0.3 is 0 Å². The topological polar surface area (TPSA) is 15.3 Å². The third-order valence-electron chi connectivity index (χ3n) is 3.69. The van der Waals surface area contributed by atoms with Crippen molar-refractivity contribution >= 4 is 15.9 Å². The molecule has 0 amide bonds. The van der Waals surface area contributed by atoms with Crippen LogP contribution in [0.4, 0.5) is 8.78 Å². The van der Waals surface area contributed by atoms with Gasteiger partial charge in [-0.05, 0) is 67.6 Å². The Morgan fingerprint density at radius 1 is 1.25 bits per heavy atom. The monoisotopic (exact) mass is 348 g/mol. The molecule has 0 radical (unpaired) electrons. The van der Waals surface area contributed by atoms with E-state index in [1.165, 1.54) is 12.1 Å². The highest BCUT2D eigenvalue weighted by atomic mass is 79.9. The zero-order valence-electron chi connectivity index (χ0n) is 12.3. The second kappa shape index (κ2) is 8.70. The Hall–Kier alpha value is -0.520. The lowest BCUT2D eigenvalue weighted by atomic mass is 10.0. The van der Waals surface area contributed by atoms with Gasteiger partial charge in [0.1, 0.15) is 11.6 Å². The first-order chi connectivity index (χ1) is 9.53. The summed E-state index contributed by atoms with van der Waals surface area (Å²) in [4.78, 5) is 2.30. The van der Waals surface area contributed by atoms with Crippen LogP contribution < -0.4 is 5.32 Å². The lowest BCUT2D eigenvalue weighted by molar-refractivity contribution is 0.282. The predicted octanol–water partition coefficient (Wildman–Crippen LogP) is 3.59. The van der Waals surface area contributed by atoms with Crippen LogP contribution in [-0.4, -0.2) is 37.6 Å². The van der Waals surface area contributed by atoms with E-state index in [1.54, 1.807) is 0 Å². The number of likely N-dealkylation sites (N-methyl/N-ethyl adjacent to an activating group) is 1. The molecule has 1 rings (SSSR count). The zero-order chi connectivity index (χ0) is 15.1. The van der Waals surface area contributed by atoms with Gasteiger partial charge in [-0.25, -0.2) is 8.78 Å². The van der Waals surface area contributed by atoms with Crippen LogP contribution in [0.25, 0.3) is 0 Å². The van der Waals surface area contributed by atoms with Crippen molar-refractivity contribution in [2.45, 2.75) is 32.7 Å². The van der Waals surface area contributed by atoms with Gasteiger partial charge in [0.05, 0.1) is 4.47 Å². The number of nitrogens with zero attached hydrogens (tertiary/aromatic N) is 1. The summed E-state index contributed by atoms with van der Waals surface area (Å²) < 4.78 is 28.0. The van der Waals surface area contributed by atoms with E-state index in [0.29, 0.717) is 10.9 Å². The minimum absolute atomic E-state index is 0.0638. The second-order valence-electron chi connectivity index (χ2n) is 4.83. The Kier molecular flexibility index (Phi) is 7.62. The number of nitrogens with one attached hydrogen (secondary N) is 1. The number of benzene rings is 1. The van der Waals surface area contributed by atoms with Crippen LogP contribution in [0.15, 0.2) is 16.6 Å². The highest BCUT2D eigenvalue weighted by Crippen LogP contribution is 2.23. The lowest BCUT2D eigenvalue weighted by Crippen LogP contribution is -2.34. The van der Waals surface area contributed by atoms with Crippen LogP contribution >= 0.6 is 15.9 Å². The van der Waals surface area contributed by atoms with E-state index in [9.17, 15) is 8.78 Å². The number of halogens is 3. The van der Waals surface area contributed by atoms with Gasteiger partial charge in [0.15, 0.2) is 0 Å². The van der Waals surface area contributed by atoms with Gasteiger partial charge in [0.2, 0.25) is 0 Å². The quantitative estimate of drug-likeness (QED) is 0.722. The van der Waals surface area contributed by atoms with Crippen molar-refractivity contribution in [1.29, 1.82) is 0 Å². The van der Waals surface area contributed by atoms with Crippen LogP contribution in [-0.2, 0) is 6.42 Å². The third kappa shape index (κ3) is 4.79. The first kappa shape index (κ1) is 17.5. The van der Waals surface area contributed by atoms with Gasteiger partial charge < -0.3 is 10.2 Å². The van der Waals surface area contributed by atoms with Gasteiger partial charge in [-0.15, -0.1) is 0 Å². The third-order valence-corrected chi connectivity index (χ3v) is 4.30. The van der Waals surface area contributed by atoms with Crippen molar-refractivity contribution in [3.63, 3.8) is 0 Å². The maximum absolute atomic E-state index is 14.0. The minimum Gasteiger partial charge on any atom is -0.317 e. The van der Waals surface area contributed by atoms with Gasteiger partial charge in [0.25, 0.3) is 0 Å². The van der Waals surface area contributed by atoms with Crippen LogP contribution in [0.5, 0.6) is 0 Å². The average molecular weight is 349 g/mol. The molecule has 0 aliphatic carbocycles. The standard InChI is InChI=1S/C15H23BrF2N2/c1-4-20(5-2)9-8-11(19-3)10-12-14(17)7-6-13(16)15(12)18/h6-7,11,19H,4-5,8-10H2,1-3H3. The van der Waals surface area contributed by atoms with Crippen LogP contribution in [0, 0.1) is 11.6 Å². The van der Waals surface area contributed by atoms with Crippen LogP contribution in [0.1, 0.15) is 25.8 Å². The molecule has 1 atom stereocenters. The maximum atomic E-state index is 14.0. The van der Waals surface area contributed by atoms with Crippen molar-refractivity contribution < 1.29 is 8.78 Å². The van der Waals surface area contributed by atoms with E-state index in [-0.39, 0.29) is 11.6 Å². The maximum Gasteiger partial charge on any atom is 0.143 e. The van der Waals surface area contributed by atoms with Crippen LogP contribution in [0.3, 0.4) is 0 Å². The number of hydrogen-bond donors (Lipinski definition) is 1. The van der Waals surface area contributed by atoms with E-state index >= 15 is 0 Å². The summed E-state index contributed by atoms with van der Waals surface area (Å²) in [5, 5.41) is 3.15. The molecular formula is C15H23BrF2N2. The van der Waals surface area contributed by atoms with Gasteiger partial charge in [-0.1, -0.05) is 13.8 Å². The number of hydrogen-bond acceptors (Lipinski definition) is 2. The van der Waals surface area contributed by atoms with E-state index in [4.69, 9.17) is 0 Å². The molecular weight excluding hydrogens is 326 g/mol. The van der Waals surface area contributed by atoms with Crippen LogP contribution in [0.2, 0.25) is 0 Å². The van der Waals surface area contributed by atoms with Crippen molar-refractivity contribution in [1.82, 2.24) is 10.2 Å². The Morgan fingerprint density at radius 2 is 1.90 bits per heavy atom. The van der Waals surface area contributed by atoms with E-state index in [2.05, 4.69) is 40.0 Å². The molecule has 1 aromatic rings. The molecule has 1 aromatic carbocycles. The van der Waals surface area contributed by atoms with E-state index in [1.807, 2.05) is 7.05 Å². The molecule has 0 saturated carbocycles. The molecule has 2 nitrogen and oxygen atoms in total. The molecule has 0 fully saturated rings. The van der Waals surface area contributed by atoms with Crippen molar-refractivity contribution in [3.05, 3.63) is 33.8 Å². The molecule has 0 aliphatic rings. The molecule has 0 aromatic heterocycles. The average Bonchev–Trinajstić information content (AvgIpc) is 2.46. The van der Waals surface area contributed by atoms with E-state index < -0.39 is 11.6 Å². The predicted molar refractivity (Wildman–Crippen MR) is 83.0 cm³/mol. The SMILES string of the molecule is CCN(CC)CCC(Cc1c(F)ccc(Br)c1F)NC. The normalized spacial score (nSPS) is 12.9. The molecule has 1 N–H and O–H groups in total. The van der Waals surface area contributed by atoms with E-state index in [0.717, 1.165) is 26.1 Å². The van der Waals surface area contributed by atoms with Crippen molar-refractivity contribution in [3.8, 4) is 0 Å². The Balaban J connectivity index is 2.71. The van der Waals surface area contributed by atoms with Gasteiger partial charge in [0, 0.05) is 11.6 Å². The molecule has 0 heterocycles. The van der Waals surface area contributed by atoms with Crippen molar-refractivity contribution in [2.75, 3.05) is 26.7 Å². The summed E-state index contributed by atoms with van der Waals surface area (Å²) in [5.74, 6) is -0.970. The van der Waals surface area contributed by atoms with Gasteiger partial charge in [-0.2, -0.15) is 0 Å².